The lowest BCUT2D eigenvalue weighted by Crippen LogP contribution is -2.57. The van der Waals surface area contributed by atoms with E-state index in [9.17, 15) is 23.1 Å². The van der Waals surface area contributed by atoms with E-state index in [1.165, 1.54) is 14.2 Å². The van der Waals surface area contributed by atoms with Crippen LogP contribution in [0.2, 0.25) is 0 Å². The number of hydrogen-bond donors (Lipinski definition) is 4. The topological polar surface area (TPSA) is 173 Å². The van der Waals surface area contributed by atoms with E-state index in [2.05, 4.69) is 15.0 Å². The van der Waals surface area contributed by atoms with Gasteiger partial charge in [0, 0.05) is 19.2 Å². The Morgan fingerprint density at radius 2 is 1.81 bits per heavy atom. The van der Waals surface area contributed by atoms with Crippen LogP contribution in [-0.2, 0) is 19.6 Å². The van der Waals surface area contributed by atoms with E-state index in [1.54, 1.807) is 47.6 Å². The van der Waals surface area contributed by atoms with E-state index in [0.29, 0.717) is 22.4 Å². The maximum absolute atomic E-state index is 13.0. The fourth-order valence-electron chi connectivity index (χ4n) is 3.88. The molecule has 0 bridgehead atoms. The molecule has 1 aromatic carbocycles. The summed E-state index contributed by atoms with van der Waals surface area (Å²) < 4.78 is 38.4. The van der Waals surface area contributed by atoms with Crippen molar-refractivity contribution in [3.05, 3.63) is 22.8 Å². The number of aliphatic imine (C=N–C) groups is 1. The summed E-state index contributed by atoms with van der Waals surface area (Å²) in [6, 6.07) is 0.640. The highest BCUT2D eigenvalue weighted by Crippen LogP contribution is 2.30. The van der Waals surface area contributed by atoms with Gasteiger partial charge in [-0.2, -0.15) is 0 Å². The number of nitrogens with zero attached hydrogens (tertiary/aromatic N) is 2. The Morgan fingerprint density at radius 1 is 1.19 bits per heavy atom. The number of benzene rings is 1. The van der Waals surface area contributed by atoms with Gasteiger partial charge in [0.15, 0.2) is 0 Å². The Bertz CT molecular complexity index is 1080. The first-order valence-electron chi connectivity index (χ1n) is 11.3. The summed E-state index contributed by atoms with van der Waals surface area (Å²) in [6.45, 7) is 10.2. The molecule has 0 saturated carbocycles. The highest BCUT2D eigenvalue weighted by atomic mass is 32.2. The molecule has 204 valence electrons. The normalized spacial score (nSPS) is 13.2. The van der Waals surface area contributed by atoms with Crippen molar-refractivity contribution in [2.75, 3.05) is 27.5 Å². The summed E-state index contributed by atoms with van der Waals surface area (Å²) in [5, 5.41) is 12.2. The van der Waals surface area contributed by atoms with Crippen molar-refractivity contribution in [1.82, 2.24) is 14.9 Å². The summed E-state index contributed by atoms with van der Waals surface area (Å²) in [5.74, 6) is -0.235. The third kappa shape index (κ3) is 7.98. The minimum absolute atomic E-state index is 0.0660. The first-order chi connectivity index (χ1) is 16.6. The summed E-state index contributed by atoms with van der Waals surface area (Å²) in [5.41, 5.74) is 6.73. The molecule has 36 heavy (non-hydrogen) atoms. The number of sulfonamides is 1. The van der Waals surface area contributed by atoms with E-state index in [0.717, 1.165) is 4.90 Å². The highest BCUT2D eigenvalue weighted by molar-refractivity contribution is 7.90. The molecule has 0 aliphatic rings. The lowest BCUT2D eigenvalue weighted by atomic mass is 10.00. The Labute approximate surface area is 213 Å². The summed E-state index contributed by atoms with van der Waals surface area (Å²) in [6.07, 6.45) is -0.831. The van der Waals surface area contributed by atoms with Crippen molar-refractivity contribution < 1.29 is 32.6 Å². The van der Waals surface area contributed by atoms with Crippen molar-refractivity contribution in [3.63, 3.8) is 0 Å². The van der Waals surface area contributed by atoms with Crippen molar-refractivity contribution in [1.29, 1.82) is 0 Å². The van der Waals surface area contributed by atoms with Gasteiger partial charge in [-0.15, -0.1) is 0 Å². The van der Waals surface area contributed by atoms with Crippen LogP contribution >= 0.6 is 0 Å². The summed E-state index contributed by atoms with van der Waals surface area (Å²) in [7, 11) is -1.09. The maximum Gasteiger partial charge on any atom is 0.408 e. The van der Waals surface area contributed by atoms with Crippen molar-refractivity contribution in [3.8, 4) is 5.75 Å². The first-order valence-corrected chi connectivity index (χ1v) is 12.8. The minimum atomic E-state index is -4.01. The third-order valence-electron chi connectivity index (χ3n) is 5.56. The molecule has 0 spiro atoms. The zero-order chi connectivity index (χ0) is 27.8. The molecule has 5 N–H and O–H groups in total. The van der Waals surface area contributed by atoms with Gasteiger partial charge in [-0.3, -0.25) is 14.7 Å². The van der Waals surface area contributed by atoms with Gasteiger partial charge in [0.1, 0.15) is 18.5 Å². The Kier molecular flexibility index (Phi) is 11.0. The molecule has 0 fully saturated rings. The SMILES string of the molecule is COCNC(=O)[C@H](CCCN=C(N)NS(=O)(=O)c1c(C)cc(OC)c(C)c1C)N(C(=O)O)C(C)(C)C. The lowest BCUT2D eigenvalue weighted by molar-refractivity contribution is -0.129. The number of carbonyl (C=O) groups is 2. The molecule has 2 amide bonds. The second kappa shape index (κ2) is 12.8. The highest BCUT2D eigenvalue weighted by Gasteiger charge is 2.37. The molecule has 1 atom stereocenters. The first kappa shape index (κ1) is 31.0. The molecular weight excluding hydrogens is 490 g/mol. The minimum Gasteiger partial charge on any atom is -0.496 e. The number of amides is 2. The number of carbonyl (C=O) groups excluding carboxylic acids is 1. The van der Waals surface area contributed by atoms with E-state index < -0.39 is 33.6 Å². The van der Waals surface area contributed by atoms with Crippen molar-refractivity contribution >= 4 is 28.0 Å². The number of rotatable bonds is 11. The van der Waals surface area contributed by atoms with Crippen LogP contribution in [0.15, 0.2) is 16.0 Å². The summed E-state index contributed by atoms with van der Waals surface area (Å²) >= 11 is 0. The van der Waals surface area contributed by atoms with Crippen molar-refractivity contribution in [2.45, 2.75) is 70.9 Å². The smallest absolute Gasteiger partial charge is 0.408 e. The van der Waals surface area contributed by atoms with E-state index >= 15 is 0 Å². The quantitative estimate of drug-likeness (QED) is 0.145. The number of hydrogen-bond acceptors (Lipinski definition) is 7. The van der Waals surface area contributed by atoms with Gasteiger partial charge in [-0.25, -0.2) is 17.9 Å². The second-order valence-corrected chi connectivity index (χ2v) is 10.9. The summed E-state index contributed by atoms with van der Waals surface area (Å²) in [4.78, 5) is 29.8. The van der Waals surface area contributed by atoms with Crippen LogP contribution in [0.1, 0.15) is 50.3 Å². The molecule has 13 heteroatoms. The third-order valence-corrected chi connectivity index (χ3v) is 7.20. The van der Waals surface area contributed by atoms with Crippen LogP contribution in [0, 0.1) is 20.8 Å². The van der Waals surface area contributed by atoms with Gasteiger partial charge in [-0.05, 0) is 77.1 Å². The Balaban J connectivity index is 3.01. The average Bonchev–Trinajstić information content (AvgIpc) is 2.74. The van der Waals surface area contributed by atoms with Crippen LogP contribution < -0.4 is 20.5 Å². The molecule has 0 radical (unpaired) electrons. The lowest BCUT2D eigenvalue weighted by Gasteiger charge is -2.38. The number of nitrogens with two attached hydrogens (primary N) is 1. The van der Waals surface area contributed by atoms with Gasteiger partial charge in [0.2, 0.25) is 11.9 Å². The maximum atomic E-state index is 13.0. The molecule has 0 aromatic heterocycles. The van der Waals surface area contributed by atoms with Crippen LogP contribution in [-0.4, -0.2) is 75.5 Å². The predicted octanol–water partition coefficient (Wildman–Crippen LogP) is 1.86. The van der Waals surface area contributed by atoms with Gasteiger partial charge in [0.05, 0.1) is 12.0 Å². The van der Waals surface area contributed by atoms with Gasteiger partial charge < -0.3 is 25.6 Å². The number of nitrogens with one attached hydrogen (secondary N) is 2. The number of carboxylic acid groups (broad SMARTS) is 1. The average molecular weight is 530 g/mol. The van der Waals surface area contributed by atoms with E-state index in [4.69, 9.17) is 15.2 Å². The number of methoxy groups -OCH3 is 2. The van der Waals surface area contributed by atoms with Crippen LogP contribution in [0.5, 0.6) is 5.75 Å². The van der Waals surface area contributed by atoms with Crippen LogP contribution in [0.25, 0.3) is 0 Å². The fourth-order valence-corrected chi connectivity index (χ4v) is 5.36. The second-order valence-electron chi connectivity index (χ2n) is 9.30. The van der Waals surface area contributed by atoms with Crippen molar-refractivity contribution in [2.24, 2.45) is 10.7 Å². The zero-order valence-electron chi connectivity index (χ0n) is 22.3. The van der Waals surface area contributed by atoms with Crippen LogP contribution in [0.3, 0.4) is 0 Å². The molecule has 12 nitrogen and oxygen atoms in total. The molecule has 1 aromatic rings. The molecule has 0 aliphatic heterocycles. The molecule has 0 aliphatic carbocycles. The zero-order valence-corrected chi connectivity index (χ0v) is 23.1. The van der Waals surface area contributed by atoms with Gasteiger partial charge in [-0.1, -0.05) is 0 Å². The molecular formula is C23H39N5O7S. The molecule has 0 heterocycles. The Morgan fingerprint density at radius 3 is 2.31 bits per heavy atom. The van der Waals surface area contributed by atoms with Gasteiger partial charge >= 0.3 is 6.09 Å². The number of ether oxygens (including phenoxy) is 2. The Hall–Kier alpha value is -3.06. The number of guanidine groups is 1. The van der Waals surface area contributed by atoms with E-state index in [1.807, 2.05) is 0 Å². The molecule has 1 rings (SSSR count). The standard InChI is InChI=1S/C23H39N5O7S/c1-14-12-18(35-8)15(2)16(3)19(14)36(32,33)27-21(24)25-11-9-10-17(20(29)26-13-34-7)28(22(30)31)23(4,5)6/h12,17H,9-11,13H2,1-8H3,(H,26,29)(H,30,31)(H3,24,25,27)/t17-/m0/s1. The molecule has 0 unspecified atom stereocenters. The monoisotopic (exact) mass is 529 g/mol. The largest absolute Gasteiger partial charge is 0.496 e. The molecule has 0 saturated heterocycles. The van der Waals surface area contributed by atoms with Crippen LogP contribution in [0.4, 0.5) is 4.79 Å². The van der Waals surface area contributed by atoms with Gasteiger partial charge in [0.25, 0.3) is 10.0 Å². The fraction of sp³-hybridized carbons (Fsp3) is 0.609. The van der Waals surface area contributed by atoms with E-state index in [-0.39, 0.29) is 37.0 Å². The predicted molar refractivity (Wildman–Crippen MR) is 137 cm³/mol. The number of aryl methyl sites for hydroxylation is 1.